The van der Waals surface area contributed by atoms with Gasteiger partial charge in [0.15, 0.2) is 11.6 Å². The zero-order chi connectivity index (χ0) is 24.5. The maximum atomic E-state index is 13.0. The van der Waals surface area contributed by atoms with Crippen molar-refractivity contribution in [2.45, 2.75) is 72.6 Å². The van der Waals surface area contributed by atoms with Gasteiger partial charge in [-0.3, -0.25) is 14.6 Å². The number of aromatic nitrogens is 1. The van der Waals surface area contributed by atoms with Gasteiger partial charge in [-0.05, 0) is 29.2 Å². The van der Waals surface area contributed by atoms with E-state index in [1.807, 2.05) is 32.0 Å². The number of aryl methyl sites for hydroxylation is 1. The third-order valence-electron chi connectivity index (χ3n) is 6.68. The average molecular weight is 463 g/mol. The number of carbonyl (C=O) groups excluding carboxylic acids is 2. The maximum absolute atomic E-state index is 13.0. The van der Waals surface area contributed by atoms with Crippen LogP contribution in [0.4, 0.5) is 0 Å². The SMILES string of the molecule is CC1(C)CC(=O)/C(=C(\O)CCc2noc3c2C(=O)CC(C)(C)C3)C(=NCCc2ccccc2)C1. The molecule has 1 fully saturated rings. The van der Waals surface area contributed by atoms with Crippen molar-refractivity contribution in [3.63, 3.8) is 0 Å². The fourth-order valence-electron chi connectivity index (χ4n) is 5.07. The van der Waals surface area contributed by atoms with E-state index < -0.39 is 0 Å². The van der Waals surface area contributed by atoms with Crippen LogP contribution < -0.4 is 0 Å². The molecule has 0 radical (unpaired) electrons. The third kappa shape index (κ3) is 5.37. The Kier molecular flexibility index (Phi) is 6.61. The molecular weight excluding hydrogens is 428 g/mol. The zero-order valence-corrected chi connectivity index (χ0v) is 20.6. The van der Waals surface area contributed by atoms with Crippen LogP contribution >= 0.6 is 0 Å². The van der Waals surface area contributed by atoms with E-state index in [1.165, 1.54) is 5.56 Å². The fourth-order valence-corrected chi connectivity index (χ4v) is 5.07. The molecule has 0 saturated heterocycles. The first kappa shape index (κ1) is 24.1. The summed E-state index contributed by atoms with van der Waals surface area (Å²) < 4.78 is 5.48. The van der Waals surface area contributed by atoms with Crippen molar-refractivity contribution in [3.8, 4) is 0 Å². The number of fused-ring (bicyclic) bond motifs is 1. The van der Waals surface area contributed by atoms with Crippen LogP contribution in [0.2, 0.25) is 0 Å². The molecule has 0 atom stereocenters. The lowest BCUT2D eigenvalue weighted by Gasteiger charge is -2.31. The fraction of sp³-hybridized carbons (Fsp3) is 0.500. The summed E-state index contributed by atoms with van der Waals surface area (Å²) in [5.41, 5.74) is 2.99. The topological polar surface area (TPSA) is 92.8 Å². The molecule has 1 N–H and O–H groups in total. The molecule has 1 aromatic heterocycles. The van der Waals surface area contributed by atoms with Gasteiger partial charge in [0.1, 0.15) is 11.5 Å². The first-order valence-corrected chi connectivity index (χ1v) is 12.1. The van der Waals surface area contributed by atoms with Crippen molar-refractivity contribution >= 4 is 17.3 Å². The third-order valence-corrected chi connectivity index (χ3v) is 6.68. The van der Waals surface area contributed by atoms with Crippen LogP contribution in [0.1, 0.15) is 80.8 Å². The molecule has 0 unspecified atom stereocenters. The number of benzene rings is 1. The Morgan fingerprint density at radius 2 is 1.65 bits per heavy atom. The number of aliphatic hydroxyl groups excluding tert-OH is 1. The average Bonchev–Trinajstić information content (AvgIpc) is 3.13. The summed E-state index contributed by atoms with van der Waals surface area (Å²) in [5.74, 6) is 0.613. The standard InChI is InChI=1S/C28H34N2O4/c1-27(2)14-20(29-13-12-18-8-6-5-7-9-18)25(22(32)15-27)21(31)11-10-19-26-23(33)16-28(3,4)17-24(26)34-30-19/h5-9,31H,10-17H2,1-4H3/b25-21-,29-20?. The molecule has 2 aromatic rings. The molecule has 2 aliphatic carbocycles. The van der Waals surface area contributed by atoms with Crippen molar-refractivity contribution in [1.29, 1.82) is 0 Å². The molecule has 6 heteroatoms. The molecule has 2 aliphatic rings. The minimum absolute atomic E-state index is 0.0271. The van der Waals surface area contributed by atoms with E-state index in [0.29, 0.717) is 67.0 Å². The highest BCUT2D eigenvalue weighted by atomic mass is 16.5. The highest BCUT2D eigenvalue weighted by molar-refractivity contribution is 6.24. The molecule has 0 aliphatic heterocycles. The number of hydrogen-bond donors (Lipinski definition) is 1. The van der Waals surface area contributed by atoms with Gasteiger partial charge >= 0.3 is 0 Å². The van der Waals surface area contributed by atoms with Crippen molar-refractivity contribution in [1.82, 2.24) is 5.16 Å². The van der Waals surface area contributed by atoms with E-state index in [9.17, 15) is 14.7 Å². The largest absolute Gasteiger partial charge is 0.511 e. The van der Waals surface area contributed by atoms with Crippen LogP contribution in [0.5, 0.6) is 0 Å². The molecule has 4 rings (SSSR count). The highest BCUT2D eigenvalue weighted by Crippen LogP contribution is 2.38. The molecule has 0 bridgehead atoms. The Bertz CT molecular complexity index is 1150. The molecule has 1 saturated carbocycles. The predicted molar refractivity (Wildman–Crippen MR) is 131 cm³/mol. The number of aliphatic hydroxyl groups is 1. The van der Waals surface area contributed by atoms with Crippen molar-refractivity contribution in [3.05, 3.63) is 64.2 Å². The van der Waals surface area contributed by atoms with Crippen molar-refractivity contribution < 1.29 is 19.2 Å². The summed E-state index contributed by atoms with van der Waals surface area (Å²) in [6.45, 7) is 8.75. The van der Waals surface area contributed by atoms with Crippen LogP contribution in [0.3, 0.4) is 0 Å². The normalized spacial score (nSPS) is 22.1. The molecule has 180 valence electrons. The van der Waals surface area contributed by atoms with Gasteiger partial charge in [0.25, 0.3) is 0 Å². The van der Waals surface area contributed by atoms with E-state index in [2.05, 4.69) is 31.1 Å². The van der Waals surface area contributed by atoms with Crippen LogP contribution in [-0.4, -0.2) is 34.1 Å². The maximum Gasteiger partial charge on any atom is 0.168 e. The number of nitrogens with zero attached hydrogens (tertiary/aromatic N) is 2. The number of Topliss-reactive ketones (excluding diaryl/α,β-unsaturated/α-hetero) is 2. The second-order valence-electron chi connectivity index (χ2n) is 11.2. The van der Waals surface area contributed by atoms with Gasteiger partial charge < -0.3 is 9.63 Å². The summed E-state index contributed by atoms with van der Waals surface area (Å²) in [6.07, 6.45) is 3.46. The first-order valence-electron chi connectivity index (χ1n) is 12.1. The summed E-state index contributed by atoms with van der Waals surface area (Å²) in [5, 5.41) is 15.1. The monoisotopic (exact) mass is 462 g/mol. The van der Waals surface area contributed by atoms with Gasteiger partial charge in [-0.2, -0.15) is 0 Å². The molecule has 0 spiro atoms. The van der Waals surface area contributed by atoms with Gasteiger partial charge in [0.05, 0.1) is 16.8 Å². The predicted octanol–water partition coefficient (Wildman–Crippen LogP) is 5.65. The molecule has 6 nitrogen and oxygen atoms in total. The van der Waals surface area contributed by atoms with Gasteiger partial charge in [-0.25, -0.2) is 0 Å². The molecule has 34 heavy (non-hydrogen) atoms. The Morgan fingerprint density at radius 1 is 0.971 bits per heavy atom. The smallest absolute Gasteiger partial charge is 0.168 e. The lowest BCUT2D eigenvalue weighted by atomic mass is 9.73. The quantitative estimate of drug-likeness (QED) is 0.442. The van der Waals surface area contributed by atoms with Gasteiger partial charge in [0, 0.05) is 44.4 Å². The Morgan fingerprint density at radius 3 is 2.38 bits per heavy atom. The first-order chi connectivity index (χ1) is 16.0. The summed E-state index contributed by atoms with van der Waals surface area (Å²) >= 11 is 0. The van der Waals surface area contributed by atoms with Gasteiger partial charge in [-0.15, -0.1) is 0 Å². The highest BCUT2D eigenvalue weighted by Gasteiger charge is 2.38. The van der Waals surface area contributed by atoms with Gasteiger partial charge in [-0.1, -0.05) is 63.2 Å². The summed E-state index contributed by atoms with van der Waals surface area (Å²) in [6, 6.07) is 10.1. The number of allylic oxidation sites excluding steroid dienone is 2. The van der Waals surface area contributed by atoms with E-state index in [-0.39, 0.29) is 34.6 Å². The molecule has 1 aromatic carbocycles. The number of ketones is 2. The van der Waals surface area contributed by atoms with Crippen LogP contribution in [0.25, 0.3) is 0 Å². The minimum atomic E-state index is -0.198. The number of carbonyl (C=O) groups is 2. The van der Waals surface area contributed by atoms with Crippen molar-refractivity contribution in [2.75, 3.05) is 6.54 Å². The Labute approximate surface area is 201 Å². The number of hydrogen-bond acceptors (Lipinski definition) is 6. The van der Waals surface area contributed by atoms with Gasteiger partial charge in [0.2, 0.25) is 0 Å². The Balaban J connectivity index is 1.54. The number of rotatable bonds is 6. The minimum Gasteiger partial charge on any atom is -0.511 e. The summed E-state index contributed by atoms with van der Waals surface area (Å²) in [4.78, 5) is 30.5. The molecule has 0 amide bonds. The molecule has 1 heterocycles. The van der Waals surface area contributed by atoms with Crippen LogP contribution in [-0.2, 0) is 24.1 Å². The number of aliphatic imine (C=N–C) groups is 1. The lowest BCUT2D eigenvalue weighted by Crippen LogP contribution is -2.33. The van der Waals surface area contributed by atoms with E-state index in [0.717, 1.165) is 6.42 Å². The van der Waals surface area contributed by atoms with E-state index >= 15 is 0 Å². The van der Waals surface area contributed by atoms with Crippen molar-refractivity contribution in [2.24, 2.45) is 15.8 Å². The van der Waals surface area contributed by atoms with E-state index in [1.54, 1.807) is 0 Å². The molecular formula is C28H34N2O4. The van der Waals surface area contributed by atoms with E-state index in [4.69, 9.17) is 9.52 Å². The second kappa shape index (κ2) is 9.32. The summed E-state index contributed by atoms with van der Waals surface area (Å²) in [7, 11) is 0. The Hall–Kier alpha value is -3.02. The lowest BCUT2D eigenvalue weighted by molar-refractivity contribution is -0.117. The second-order valence-corrected chi connectivity index (χ2v) is 11.2. The zero-order valence-electron chi connectivity index (χ0n) is 20.6. The van der Waals surface area contributed by atoms with Crippen LogP contribution in [0, 0.1) is 10.8 Å². The van der Waals surface area contributed by atoms with Crippen LogP contribution in [0.15, 0.2) is 51.2 Å².